The van der Waals surface area contributed by atoms with Crippen molar-refractivity contribution in [1.29, 1.82) is 0 Å². The van der Waals surface area contributed by atoms with Crippen LogP contribution in [0.25, 0.3) is 0 Å². The van der Waals surface area contributed by atoms with Gasteiger partial charge >= 0.3 is 0 Å². The summed E-state index contributed by atoms with van der Waals surface area (Å²) < 4.78 is 12.7. The van der Waals surface area contributed by atoms with Crippen molar-refractivity contribution < 1.29 is 4.39 Å². The molecule has 0 aliphatic rings. The van der Waals surface area contributed by atoms with Crippen molar-refractivity contribution in [2.75, 3.05) is 5.88 Å². The maximum atomic E-state index is 12.7. The molecule has 0 aromatic heterocycles. The molecule has 0 nitrogen and oxygen atoms in total. The van der Waals surface area contributed by atoms with Gasteiger partial charge in [-0.1, -0.05) is 13.0 Å². The Labute approximate surface area is 83.7 Å². The van der Waals surface area contributed by atoms with Gasteiger partial charge in [0.05, 0.1) is 0 Å². The number of halogens is 2. The van der Waals surface area contributed by atoms with Crippen LogP contribution in [0.5, 0.6) is 0 Å². The number of hydrogen-bond acceptors (Lipinski definition) is 0. The Morgan fingerprint density at radius 3 is 2.69 bits per heavy atom. The zero-order chi connectivity index (χ0) is 9.84. The van der Waals surface area contributed by atoms with Crippen molar-refractivity contribution in [2.24, 2.45) is 5.92 Å². The number of rotatable bonds is 3. The van der Waals surface area contributed by atoms with Gasteiger partial charge in [-0.15, -0.1) is 11.6 Å². The first-order valence-electron chi connectivity index (χ1n) is 4.44. The van der Waals surface area contributed by atoms with Crippen LogP contribution in [-0.2, 0) is 6.42 Å². The van der Waals surface area contributed by atoms with E-state index in [-0.39, 0.29) is 5.82 Å². The van der Waals surface area contributed by atoms with Crippen LogP contribution in [0.4, 0.5) is 4.39 Å². The fourth-order valence-electron chi connectivity index (χ4n) is 1.32. The topological polar surface area (TPSA) is 0 Å². The Morgan fingerprint density at radius 1 is 1.46 bits per heavy atom. The molecule has 2 heteroatoms. The van der Waals surface area contributed by atoms with Crippen LogP contribution in [-0.4, -0.2) is 5.88 Å². The highest BCUT2D eigenvalue weighted by atomic mass is 35.5. The Kier molecular flexibility index (Phi) is 3.73. The minimum absolute atomic E-state index is 0.167. The van der Waals surface area contributed by atoms with Crippen molar-refractivity contribution in [3.8, 4) is 0 Å². The number of aryl methyl sites for hydroxylation is 1. The average Bonchev–Trinajstić information content (AvgIpc) is 2.09. The summed E-state index contributed by atoms with van der Waals surface area (Å²) in [6, 6.07) is 4.91. The van der Waals surface area contributed by atoms with Gasteiger partial charge in [0.2, 0.25) is 0 Å². The number of hydrogen-bond donors (Lipinski definition) is 0. The lowest BCUT2D eigenvalue weighted by Gasteiger charge is -2.09. The first kappa shape index (κ1) is 10.5. The molecule has 0 bridgehead atoms. The molecule has 0 saturated carbocycles. The molecule has 72 valence electrons. The highest BCUT2D eigenvalue weighted by Gasteiger charge is 2.05. The van der Waals surface area contributed by atoms with Crippen molar-refractivity contribution in [1.82, 2.24) is 0 Å². The minimum atomic E-state index is -0.167. The van der Waals surface area contributed by atoms with Gasteiger partial charge in [0, 0.05) is 5.88 Å². The van der Waals surface area contributed by atoms with E-state index in [1.165, 1.54) is 11.6 Å². The third kappa shape index (κ3) is 3.00. The summed E-state index contributed by atoms with van der Waals surface area (Å²) >= 11 is 5.71. The van der Waals surface area contributed by atoms with Crippen LogP contribution >= 0.6 is 11.6 Å². The molecule has 0 aliphatic carbocycles. The minimum Gasteiger partial charge on any atom is -0.207 e. The predicted octanol–water partition coefficient (Wildman–Crippen LogP) is 3.55. The van der Waals surface area contributed by atoms with Gasteiger partial charge in [-0.2, -0.15) is 0 Å². The smallest absolute Gasteiger partial charge is 0.123 e. The van der Waals surface area contributed by atoms with Gasteiger partial charge in [0.25, 0.3) is 0 Å². The molecular weight excluding hydrogens is 187 g/mol. The SMILES string of the molecule is Cc1cc(F)ccc1CC(C)CCl. The summed E-state index contributed by atoms with van der Waals surface area (Å²) in [5, 5.41) is 0. The predicted molar refractivity (Wildman–Crippen MR) is 54.7 cm³/mol. The Morgan fingerprint density at radius 2 is 2.15 bits per heavy atom. The summed E-state index contributed by atoms with van der Waals surface area (Å²) in [6.45, 7) is 4.02. The average molecular weight is 201 g/mol. The summed E-state index contributed by atoms with van der Waals surface area (Å²) in [5.41, 5.74) is 2.20. The van der Waals surface area contributed by atoms with E-state index in [2.05, 4.69) is 6.92 Å². The summed E-state index contributed by atoms with van der Waals surface area (Å²) in [5.74, 6) is 0.933. The first-order chi connectivity index (χ1) is 6.13. The normalized spacial score (nSPS) is 12.9. The Bertz CT molecular complexity index is 283. The largest absolute Gasteiger partial charge is 0.207 e. The van der Waals surface area contributed by atoms with Crippen LogP contribution in [0, 0.1) is 18.7 Å². The summed E-state index contributed by atoms with van der Waals surface area (Å²) in [4.78, 5) is 0. The van der Waals surface area contributed by atoms with E-state index in [1.54, 1.807) is 6.07 Å². The van der Waals surface area contributed by atoms with E-state index < -0.39 is 0 Å². The standard InChI is InChI=1S/C11H14ClF/c1-8(7-12)5-10-3-4-11(13)6-9(10)2/h3-4,6,8H,5,7H2,1-2H3. The van der Waals surface area contributed by atoms with Crippen LogP contribution in [0.1, 0.15) is 18.1 Å². The summed E-state index contributed by atoms with van der Waals surface area (Å²) in [7, 11) is 0. The van der Waals surface area contributed by atoms with Gasteiger partial charge < -0.3 is 0 Å². The maximum Gasteiger partial charge on any atom is 0.123 e. The molecule has 0 N–H and O–H groups in total. The second-order valence-electron chi connectivity index (χ2n) is 3.53. The van der Waals surface area contributed by atoms with Gasteiger partial charge in [-0.3, -0.25) is 0 Å². The van der Waals surface area contributed by atoms with Crippen LogP contribution < -0.4 is 0 Å². The van der Waals surface area contributed by atoms with Crippen molar-refractivity contribution in [3.05, 3.63) is 35.1 Å². The highest BCUT2D eigenvalue weighted by Crippen LogP contribution is 2.15. The molecule has 1 atom stereocenters. The van der Waals surface area contributed by atoms with E-state index in [0.29, 0.717) is 11.8 Å². The molecule has 1 aromatic rings. The maximum absolute atomic E-state index is 12.7. The van der Waals surface area contributed by atoms with E-state index in [4.69, 9.17) is 11.6 Å². The number of alkyl halides is 1. The van der Waals surface area contributed by atoms with Crippen LogP contribution in [0.15, 0.2) is 18.2 Å². The van der Waals surface area contributed by atoms with Crippen molar-refractivity contribution >= 4 is 11.6 Å². The van der Waals surface area contributed by atoms with Crippen LogP contribution in [0.2, 0.25) is 0 Å². The molecule has 1 rings (SSSR count). The third-order valence-electron chi connectivity index (χ3n) is 2.14. The summed E-state index contributed by atoms with van der Waals surface area (Å²) in [6.07, 6.45) is 0.926. The van der Waals surface area contributed by atoms with E-state index in [1.807, 2.05) is 13.0 Å². The van der Waals surface area contributed by atoms with E-state index >= 15 is 0 Å². The fourth-order valence-corrected chi connectivity index (χ4v) is 1.43. The fraction of sp³-hybridized carbons (Fsp3) is 0.455. The molecule has 0 radical (unpaired) electrons. The molecule has 0 aliphatic heterocycles. The van der Waals surface area contributed by atoms with Gasteiger partial charge in [0.1, 0.15) is 5.82 Å². The van der Waals surface area contributed by atoms with Gasteiger partial charge in [-0.25, -0.2) is 4.39 Å². The second kappa shape index (κ2) is 4.61. The molecule has 0 heterocycles. The molecule has 0 fully saturated rings. The number of benzene rings is 1. The molecule has 0 spiro atoms. The van der Waals surface area contributed by atoms with Gasteiger partial charge in [-0.05, 0) is 42.5 Å². The van der Waals surface area contributed by atoms with E-state index in [0.717, 1.165) is 12.0 Å². The van der Waals surface area contributed by atoms with E-state index in [9.17, 15) is 4.39 Å². The lowest BCUT2D eigenvalue weighted by atomic mass is 9.99. The highest BCUT2D eigenvalue weighted by molar-refractivity contribution is 6.18. The zero-order valence-electron chi connectivity index (χ0n) is 7.98. The molecule has 1 aromatic carbocycles. The van der Waals surface area contributed by atoms with Crippen molar-refractivity contribution in [3.63, 3.8) is 0 Å². The molecule has 1 unspecified atom stereocenters. The molecule has 0 amide bonds. The van der Waals surface area contributed by atoms with Crippen molar-refractivity contribution in [2.45, 2.75) is 20.3 Å². The monoisotopic (exact) mass is 200 g/mol. The first-order valence-corrected chi connectivity index (χ1v) is 4.98. The molecule has 13 heavy (non-hydrogen) atoms. The van der Waals surface area contributed by atoms with Crippen LogP contribution in [0.3, 0.4) is 0 Å². The lowest BCUT2D eigenvalue weighted by molar-refractivity contribution is 0.619. The lowest BCUT2D eigenvalue weighted by Crippen LogP contribution is -2.02. The van der Waals surface area contributed by atoms with Gasteiger partial charge in [0.15, 0.2) is 0 Å². The second-order valence-corrected chi connectivity index (χ2v) is 3.84. The molecule has 0 saturated heterocycles. The quantitative estimate of drug-likeness (QED) is 0.655. The zero-order valence-corrected chi connectivity index (χ0v) is 8.74. The Balaban J connectivity index is 2.77. The Hall–Kier alpha value is -0.560. The molecular formula is C11H14ClF. The third-order valence-corrected chi connectivity index (χ3v) is 2.66.